The Labute approximate surface area is 159 Å². The van der Waals surface area contributed by atoms with Gasteiger partial charge in [0.05, 0.1) is 6.61 Å². The molecule has 0 aliphatic carbocycles. The quantitative estimate of drug-likeness (QED) is 0.588. The summed E-state index contributed by atoms with van der Waals surface area (Å²) in [7, 11) is -2.47. The Kier molecular flexibility index (Phi) is 6.99. The minimum absolute atomic E-state index is 0.00877. The first-order valence-corrected chi connectivity index (χ1v) is 11.2. The van der Waals surface area contributed by atoms with E-state index in [0.717, 1.165) is 5.57 Å². The fraction of sp³-hybridized carbons (Fsp3) is 0.391. The van der Waals surface area contributed by atoms with Crippen LogP contribution in [0.25, 0.3) is 0 Å². The molecule has 0 heterocycles. The van der Waals surface area contributed by atoms with Crippen LogP contribution in [0.4, 0.5) is 0 Å². The summed E-state index contributed by atoms with van der Waals surface area (Å²) in [5.74, 6) is 0.254. The van der Waals surface area contributed by atoms with Gasteiger partial charge in [0.1, 0.15) is 0 Å². The molecule has 2 aromatic carbocycles. The fourth-order valence-electron chi connectivity index (χ4n) is 3.60. The lowest BCUT2D eigenvalue weighted by Crippen LogP contribution is -2.66. The predicted octanol–water partition coefficient (Wildman–Crippen LogP) is 4.14. The Balaban J connectivity index is 2.51. The standard InChI is InChI=1S/C23H32O2Si/c1-19(17-24)16-20(2)18-25-26(23(3,4)5,21-12-8-6-9-13-21)22-14-10-7-11-15-22/h6-16,20,24H,17-18H2,1-5H3/b19-16-/t20-/m1/s1. The second kappa shape index (κ2) is 8.80. The van der Waals surface area contributed by atoms with Gasteiger partial charge in [-0.1, -0.05) is 100 Å². The highest BCUT2D eigenvalue weighted by Crippen LogP contribution is 2.37. The molecule has 0 saturated heterocycles. The van der Waals surface area contributed by atoms with Crippen molar-refractivity contribution in [3.8, 4) is 0 Å². The zero-order valence-corrected chi connectivity index (χ0v) is 17.7. The third kappa shape index (κ3) is 4.53. The predicted molar refractivity (Wildman–Crippen MR) is 114 cm³/mol. The van der Waals surface area contributed by atoms with Crippen molar-refractivity contribution in [2.45, 2.75) is 39.7 Å². The smallest absolute Gasteiger partial charge is 0.261 e. The van der Waals surface area contributed by atoms with Gasteiger partial charge in [0.25, 0.3) is 8.32 Å². The van der Waals surface area contributed by atoms with Crippen LogP contribution in [0.15, 0.2) is 72.3 Å². The summed E-state index contributed by atoms with van der Waals surface area (Å²) in [6.45, 7) is 11.7. The van der Waals surface area contributed by atoms with Crippen LogP contribution < -0.4 is 10.4 Å². The van der Waals surface area contributed by atoms with Gasteiger partial charge in [-0.05, 0) is 28.3 Å². The Morgan fingerprint density at radius 3 is 1.85 bits per heavy atom. The zero-order valence-electron chi connectivity index (χ0n) is 16.7. The third-order valence-corrected chi connectivity index (χ3v) is 9.80. The van der Waals surface area contributed by atoms with Gasteiger partial charge in [0, 0.05) is 6.61 Å². The van der Waals surface area contributed by atoms with Crippen molar-refractivity contribution in [3.63, 3.8) is 0 Å². The number of benzene rings is 2. The maximum atomic E-state index is 9.30. The zero-order chi connectivity index (χ0) is 19.2. The van der Waals surface area contributed by atoms with E-state index in [9.17, 15) is 5.11 Å². The average molecular weight is 369 g/mol. The molecule has 0 aliphatic heterocycles. The van der Waals surface area contributed by atoms with Crippen molar-refractivity contribution >= 4 is 18.7 Å². The summed E-state index contributed by atoms with van der Waals surface area (Å²) in [5, 5.41) is 11.9. The molecule has 0 spiro atoms. The molecule has 1 atom stereocenters. The highest BCUT2D eigenvalue weighted by atomic mass is 28.4. The van der Waals surface area contributed by atoms with E-state index >= 15 is 0 Å². The van der Waals surface area contributed by atoms with Crippen molar-refractivity contribution < 1.29 is 9.53 Å². The van der Waals surface area contributed by atoms with E-state index in [0.29, 0.717) is 6.61 Å². The first-order chi connectivity index (χ1) is 12.3. The lowest BCUT2D eigenvalue weighted by molar-refractivity contribution is 0.266. The van der Waals surface area contributed by atoms with E-state index in [1.54, 1.807) is 0 Å². The molecular weight excluding hydrogens is 336 g/mol. The molecule has 2 rings (SSSR count). The molecule has 0 bridgehead atoms. The number of rotatable bonds is 7. The summed E-state index contributed by atoms with van der Waals surface area (Å²) in [4.78, 5) is 0. The van der Waals surface area contributed by atoms with Gasteiger partial charge >= 0.3 is 0 Å². The van der Waals surface area contributed by atoms with Crippen molar-refractivity contribution in [3.05, 3.63) is 72.3 Å². The average Bonchev–Trinajstić information content (AvgIpc) is 2.62. The van der Waals surface area contributed by atoms with Crippen molar-refractivity contribution in [2.75, 3.05) is 13.2 Å². The van der Waals surface area contributed by atoms with Gasteiger partial charge in [0.2, 0.25) is 0 Å². The molecule has 0 amide bonds. The highest BCUT2D eigenvalue weighted by Gasteiger charge is 2.50. The number of hydrogen-bond acceptors (Lipinski definition) is 2. The molecule has 2 aromatic rings. The maximum absolute atomic E-state index is 9.30. The van der Waals surface area contributed by atoms with Gasteiger partial charge < -0.3 is 9.53 Å². The van der Waals surface area contributed by atoms with Crippen LogP contribution >= 0.6 is 0 Å². The molecule has 0 aliphatic rings. The molecule has 3 heteroatoms. The van der Waals surface area contributed by atoms with Crippen LogP contribution in [0, 0.1) is 5.92 Å². The van der Waals surface area contributed by atoms with Gasteiger partial charge in [-0.2, -0.15) is 0 Å². The number of aliphatic hydroxyl groups is 1. The fourth-order valence-corrected chi connectivity index (χ4v) is 8.27. The SMILES string of the molecule is C/C(=C/[C@@H](C)CO[Si](c1ccccc1)(c1ccccc1)C(C)(C)C)CO. The number of hydrogen-bond donors (Lipinski definition) is 1. The Morgan fingerprint density at radius 1 is 1.00 bits per heavy atom. The molecule has 1 N–H and O–H groups in total. The Bertz CT molecular complexity index is 662. The largest absolute Gasteiger partial charge is 0.407 e. The topological polar surface area (TPSA) is 29.5 Å². The summed E-state index contributed by atoms with van der Waals surface area (Å²) in [6.07, 6.45) is 2.11. The van der Waals surface area contributed by atoms with Crippen LogP contribution in [0.5, 0.6) is 0 Å². The Morgan fingerprint density at radius 2 is 1.46 bits per heavy atom. The molecule has 2 nitrogen and oxygen atoms in total. The van der Waals surface area contributed by atoms with Gasteiger partial charge in [-0.3, -0.25) is 0 Å². The van der Waals surface area contributed by atoms with Gasteiger partial charge in [-0.15, -0.1) is 0 Å². The van der Waals surface area contributed by atoms with Crippen LogP contribution in [-0.2, 0) is 4.43 Å². The summed E-state index contributed by atoms with van der Waals surface area (Å²) < 4.78 is 6.89. The minimum Gasteiger partial charge on any atom is -0.407 e. The van der Waals surface area contributed by atoms with Crippen molar-refractivity contribution in [2.24, 2.45) is 5.92 Å². The molecular formula is C23H32O2Si. The van der Waals surface area contributed by atoms with E-state index in [1.807, 2.05) is 6.92 Å². The molecule has 0 radical (unpaired) electrons. The second-order valence-corrected chi connectivity index (χ2v) is 12.4. The summed E-state index contributed by atoms with van der Waals surface area (Å²) in [5.41, 5.74) is 0.989. The van der Waals surface area contributed by atoms with E-state index in [1.165, 1.54) is 10.4 Å². The lowest BCUT2D eigenvalue weighted by atomic mass is 10.1. The molecule has 0 unspecified atom stereocenters. The van der Waals surface area contributed by atoms with Crippen LogP contribution in [0.1, 0.15) is 34.6 Å². The molecule has 140 valence electrons. The van der Waals surface area contributed by atoms with Crippen LogP contribution in [0.3, 0.4) is 0 Å². The summed E-state index contributed by atoms with van der Waals surface area (Å²) >= 11 is 0. The van der Waals surface area contributed by atoms with E-state index in [-0.39, 0.29) is 17.6 Å². The highest BCUT2D eigenvalue weighted by molar-refractivity contribution is 6.99. The third-order valence-electron chi connectivity index (χ3n) is 4.80. The molecule has 0 aromatic heterocycles. The first kappa shape index (κ1) is 20.6. The minimum atomic E-state index is -2.47. The molecule has 26 heavy (non-hydrogen) atoms. The van der Waals surface area contributed by atoms with Crippen molar-refractivity contribution in [1.82, 2.24) is 0 Å². The normalized spacial score (nSPS) is 14.3. The van der Waals surface area contributed by atoms with Gasteiger partial charge in [-0.25, -0.2) is 0 Å². The van der Waals surface area contributed by atoms with E-state index in [2.05, 4.69) is 94.4 Å². The Hall–Kier alpha value is -1.68. The first-order valence-electron chi connectivity index (χ1n) is 9.34. The monoisotopic (exact) mass is 368 g/mol. The number of aliphatic hydroxyl groups excluding tert-OH is 1. The van der Waals surface area contributed by atoms with Crippen LogP contribution in [0.2, 0.25) is 5.04 Å². The van der Waals surface area contributed by atoms with E-state index < -0.39 is 8.32 Å². The lowest BCUT2D eigenvalue weighted by Gasteiger charge is -2.43. The van der Waals surface area contributed by atoms with Gasteiger partial charge in [0.15, 0.2) is 0 Å². The maximum Gasteiger partial charge on any atom is 0.261 e. The summed E-state index contributed by atoms with van der Waals surface area (Å²) in [6, 6.07) is 21.4. The molecule has 0 fully saturated rings. The molecule has 0 saturated carbocycles. The second-order valence-electron chi connectivity index (χ2n) is 8.12. The van der Waals surface area contributed by atoms with Crippen molar-refractivity contribution in [1.29, 1.82) is 0 Å². The van der Waals surface area contributed by atoms with E-state index in [4.69, 9.17) is 4.43 Å². The van der Waals surface area contributed by atoms with Crippen LogP contribution in [-0.4, -0.2) is 26.6 Å².